The average Bonchev–Trinajstić information content (AvgIpc) is 2.28. The van der Waals surface area contributed by atoms with Crippen LogP contribution in [-0.4, -0.2) is 13.2 Å². The highest BCUT2D eigenvalue weighted by molar-refractivity contribution is 5.27. The van der Waals surface area contributed by atoms with Crippen molar-refractivity contribution < 1.29 is 9.13 Å². The molecule has 1 aromatic carbocycles. The van der Waals surface area contributed by atoms with Crippen LogP contribution in [0.1, 0.15) is 37.9 Å². The Morgan fingerprint density at radius 3 is 2.33 bits per heavy atom. The summed E-state index contributed by atoms with van der Waals surface area (Å²) in [7, 11) is 1.66. The van der Waals surface area contributed by atoms with Crippen LogP contribution in [-0.2, 0) is 4.74 Å². The molecule has 3 nitrogen and oxygen atoms in total. The number of methoxy groups -OCH3 is 1. The van der Waals surface area contributed by atoms with Crippen molar-refractivity contribution in [3.05, 3.63) is 35.1 Å². The third-order valence-corrected chi connectivity index (χ3v) is 3.13. The van der Waals surface area contributed by atoms with E-state index in [1.54, 1.807) is 26.2 Å². The van der Waals surface area contributed by atoms with Gasteiger partial charge in [0.2, 0.25) is 0 Å². The van der Waals surface area contributed by atoms with Crippen LogP contribution in [0.5, 0.6) is 0 Å². The molecule has 0 fully saturated rings. The van der Waals surface area contributed by atoms with E-state index in [1.165, 1.54) is 6.07 Å². The van der Waals surface area contributed by atoms with Gasteiger partial charge in [0, 0.05) is 7.11 Å². The predicted octanol–water partition coefficient (Wildman–Crippen LogP) is 2.70. The minimum Gasteiger partial charge on any atom is -0.379 e. The van der Waals surface area contributed by atoms with E-state index in [1.807, 2.05) is 0 Å². The number of nitrogens with two attached hydrogens (primary N) is 1. The van der Waals surface area contributed by atoms with Crippen LogP contribution in [0.2, 0.25) is 0 Å². The molecular formula is C14H23FN2O. The summed E-state index contributed by atoms with van der Waals surface area (Å²) in [5.74, 6) is 5.43. The summed E-state index contributed by atoms with van der Waals surface area (Å²) in [5.41, 5.74) is 4.24. The fraction of sp³-hybridized carbons (Fsp3) is 0.571. The summed E-state index contributed by atoms with van der Waals surface area (Å²) in [5, 5.41) is 0. The number of ether oxygens (including phenoxy) is 1. The third-order valence-electron chi connectivity index (χ3n) is 3.13. The molecule has 0 aromatic heterocycles. The Bertz CT molecular complexity index is 401. The van der Waals surface area contributed by atoms with E-state index in [4.69, 9.17) is 10.6 Å². The normalized spacial score (nSPS) is 15.5. The van der Waals surface area contributed by atoms with Gasteiger partial charge in [0.25, 0.3) is 0 Å². The van der Waals surface area contributed by atoms with Gasteiger partial charge in [-0.25, -0.2) is 4.39 Å². The average molecular weight is 254 g/mol. The van der Waals surface area contributed by atoms with Crippen molar-refractivity contribution in [3.8, 4) is 0 Å². The Labute approximate surface area is 108 Å². The molecule has 1 rings (SSSR count). The molecule has 0 amide bonds. The van der Waals surface area contributed by atoms with E-state index in [-0.39, 0.29) is 23.4 Å². The largest absolute Gasteiger partial charge is 0.379 e. The Hall–Kier alpha value is -0.970. The van der Waals surface area contributed by atoms with Gasteiger partial charge < -0.3 is 4.74 Å². The highest BCUT2D eigenvalue weighted by Gasteiger charge is 2.33. The molecule has 0 spiro atoms. The number of rotatable bonds is 4. The highest BCUT2D eigenvalue weighted by atomic mass is 19.1. The maximum Gasteiger partial charge on any atom is 0.126 e. The Kier molecular flexibility index (Phi) is 4.85. The number of benzene rings is 1. The molecule has 0 aliphatic heterocycles. The van der Waals surface area contributed by atoms with E-state index in [9.17, 15) is 4.39 Å². The Balaban J connectivity index is 3.12. The van der Waals surface area contributed by atoms with E-state index < -0.39 is 0 Å². The molecule has 18 heavy (non-hydrogen) atoms. The van der Waals surface area contributed by atoms with Crippen LogP contribution in [0.25, 0.3) is 0 Å². The van der Waals surface area contributed by atoms with E-state index in [0.717, 1.165) is 5.56 Å². The number of aryl methyl sites for hydroxylation is 1. The number of nitrogens with one attached hydrogen (secondary N) is 1. The summed E-state index contributed by atoms with van der Waals surface area (Å²) >= 11 is 0. The smallest absolute Gasteiger partial charge is 0.126 e. The first kappa shape index (κ1) is 15.1. The van der Waals surface area contributed by atoms with E-state index >= 15 is 0 Å². The first-order valence-electron chi connectivity index (χ1n) is 6.06. The van der Waals surface area contributed by atoms with E-state index in [2.05, 4.69) is 26.2 Å². The topological polar surface area (TPSA) is 47.3 Å². The van der Waals surface area contributed by atoms with Gasteiger partial charge in [-0.1, -0.05) is 32.9 Å². The lowest BCUT2D eigenvalue weighted by atomic mass is 9.82. The van der Waals surface area contributed by atoms with Gasteiger partial charge in [0.15, 0.2) is 0 Å². The van der Waals surface area contributed by atoms with Crippen molar-refractivity contribution in [2.45, 2.75) is 39.8 Å². The molecular weight excluding hydrogens is 231 g/mol. The fourth-order valence-electron chi connectivity index (χ4n) is 2.21. The molecule has 1 aromatic rings. The Morgan fingerprint density at radius 1 is 1.33 bits per heavy atom. The number of hydrazine groups is 1. The van der Waals surface area contributed by atoms with Crippen LogP contribution < -0.4 is 11.3 Å². The van der Waals surface area contributed by atoms with Crippen molar-refractivity contribution in [1.29, 1.82) is 0 Å². The van der Waals surface area contributed by atoms with Crippen LogP contribution in [0.15, 0.2) is 18.2 Å². The summed E-state index contributed by atoms with van der Waals surface area (Å²) < 4.78 is 18.9. The molecule has 2 atom stereocenters. The maximum absolute atomic E-state index is 13.3. The lowest BCUT2D eigenvalue weighted by molar-refractivity contribution is -0.0120. The molecule has 0 bridgehead atoms. The Morgan fingerprint density at radius 2 is 1.94 bits per heavy atom. The number of halogens is 1. The maximum atomic E-state index is 13.3. The van der Waals surface area contributed by atoms with Crippen molar-refractivity contribution in [1.82, 2.24) is 5.43 Å². The fourth-order valence-corrected chi connectivity index (χ4v) is 2.21. The van der Waals surface area contributed by atoms with Gasteiger partial charge in [-0.05, 0) is 29.5 Å². The van der Waals surface area contributed by atoms with Gasteiger partial charge in [-0.3, -0.25) is 11.3 Å². The molecule has 0 saturated heterocycles. The molecule has 3 N–H and O–H groups in total. The molecule has 0 aliphatic carbocycles. The number of hydrogen-bond donors (Lipinski definition) is 2. The zero-order valence-electron chi connectivity index (χ0n) is 11.8. The first-order chi connectivity index (χ1) is 8.31. The van der Waals surface area contributed by atoms with Crippen LogP contribution in [0.4, 0.5) is 4.39 Å². The summed E-state index contributed by atoms with van der Waals surface area (Å²) in [6.45, 7) is 8.00. The second kappa shape index (κ2) is 5.78. The van der Waals surface area contributed by atoms with Crippen LogP contribution >= 0.6 is 0 Å². The van der Waals surface area contributed by atoms with Gasteiger partial charge in [-0.15, -0.1) is 0 Å². The molecule has 4 heteroatoms. The molecule has 2 unspecified atom stereocenters. The van der Waals surface area contributed by atoms with Crippen LogP contribution in [0, 0.1) is 18.2 Å². The minimum atomic E-state index is -0.209. The van der Waals surface area contributed by atoms with E-state index in [0.29, 0.717) is 5.56 Å². The number of hydrogen-bond acceptors (Lipinski definition) is 3. The van der Waals surface area contributed by atoms with Crippen molar-refractivity contribution in [2.75, 3.05) is 7.11 Å². The first-order valence-corrected chi connectivity index (χ1v) is 6.06. The van der Waals surface area contributed by atoms with Crippen molar-refractivity contribution >= 4 is 0 Å². The quantitative estimate of drug-likeness (QED) is 0.641. The standard InChI is InChI=1S/C14H23FN2O/c1-9-8-10(6-7-11(9)15)12(17-16)13(18-5)14(2,3)4/h6-8,12-13,17H,16H2,1-5H3. The lowest BCUT2D eigenvalue weighted by Gasteiger charge is -2.36. The SMILES string of the molecule is COC(C(NN)c1ccc(F)c(C)c1)C(C)(C)C. The molecule has 0 radical (unpaired) electrons. The zero-order valence-corrected chi connectivity index (χ0v) is 11.8. The van der Waals surface area contributed by atoms with Gasteiger partial charge in [0.05, 0.1) is 12.1 Å². The second-order valence-electron chi connectivity index (χ2n) is 5.68. The van der Waals surface area contributed by atoms with Crippen molar-refractivity contribution in [3.63, 3.8) is 0 Å². The second-order valence-corrected chi connectivity index (χ2v) is 5.68. The third kappa shape index (κ3) is 3.28. The molecule has 0 heterocycles. The molecule has 102 valence electrons. The lowest BCUT2D eigenvalue weighted by Crippen LogP contribution is -2.44. The van der Waals surface area contributed by atoms with Gasteiger partial charge in [0.1, 0.15) is 5.82 Å². The monoisotopic (exact) mass is 254 g/mol. The van der Waals surface area contributed by atoms with Gasteiger partial charge in [-0.2, -0.15) is 0 Å². The van der Waals surface area contributed by atoms with Crippen LogP contribution in [0.3, 0.4) is 0 Å². The predicted molar refractivity (Wildman–Crippen MR) is 71.5 cm³/mol. The van der Waals surface area contributed by atoms with Crippen molar-refractivity contribution in [2.24, 2.45) is 11.3 Å². The highest BCUT2D eigenvalue weighted by Crippen LogP contribution is 2.32. The molecule has 0 aliphatic rings. The summed E-state index contributed by atoms with van der Waals surface area (Å²) in [6.07, 6.45) is -0.104. The minimum absolute atomic E-state index is 0.0753. The zero-order chi connectivity index (χ0) is 13.9. The molecule has 0 saturated carbocycles. The van der Waals surface area contributed by atoms with Gasteiger partial charge >= 0.3 is 0 Å². The summed E-state index contributed by atoms with van der Waals surface area (Å²) in [6, 6.07) is 4.83. The summed E-state index contributed by atoms with van der Waals surface area (Å²) in [4.78, 5) is 0.